The summed E-state index contributed by atoms with van der Waals surface area (Å²) in [5.41, 5.74) is 5.03. The van der Waals surface area contributed by atoms with E-state index in [0.717, 1.165) is 0 Å². The summed E-state index contributed by atoms with van der Waals surface area (Å²) in [6.45, 7) is 11.8. The standard InChI is InChI=1S/C8H12N2O/c1-7(11)10-5-3-8(2,9)4-6-10/h1-2H,3-6,9H2. The van der Waals surface area contributed by atoms with Crippen LogP contribution in [0.3, 0.4) is 0 Å². The lowest BCUT2D eigenvalue weighted by Gasteiger charge is -2.35. The van der Waals surface area contributed by atoms with Crippen LogP contribution in [0.2, 0.25) is 0 Å². The van der Waals surface area contributed by atoms with Crippen molar-refractivity contribution in [3.8, 4) is 0 Å². The van der Waals surface area contributed by atoms with Crippen LogP contribution < -0.4 is 5.73 Å². The Labute approximate surface area is 67.5 Å². The van der Waals surface area contributed by atoms with Gasteiger partial charge < -0.3 is 10.6 Å². The van der Waals surface area contributed by atoms with E-state index in [1.54, 1.807) is 4.90 Å². The lowest BCUT2D eigenvalue weighted by molar-refractivity contribution is -0.127. The van der Waals surface area contributed by atoms with Gasteiger partial charge in [0.2, 0.25) is 5.91 Å². The molecular weight excluding hydrogens is 140 g/mol. The van der Waals surface area contributed by atoms with Gasteiger partial charge in [0, 0.05) is 18.6 Å². The summed E-state index contributed by atoms with van der Waals surface area (Å²) in [4.78, 5) is 12.2. The second-order valence-electron chi connectivity index (χ2n) is 3.06. The Kier molecular flexibility index (Phi) is 2.18. The smallest absolute Gasteiger partial charge is 0.227 e. The highest BCUT2D eigenvalue weighted by Crippen LogP contribution is 2.17. The zero-order valence-corrected chi connectivity index (χ0v) is 6.42. The molecule has 2 N–H and O–H groups in total. The molecule has 0 bridgehead atoms. The number of nitrogens with two attached hydrogens (primary N) is 1. The van der Waals surface area contributed by atoms with Gasteiger partial charge in [0.05, 0.1) is 6.92 Å². The average Bonchev–Trinajstić information content (AvgIpc) is 1.86. The Balaban J connectivity index is 2.42. The van der Waals surface area contributed by atoms with Gasteiger partial charge >= 0.3 is 0 Å². The summed E-state index contributed by atoms with van der Waals surface area (Å²) >= 11 is 0. The summed E-state index contributed by atoms with van der Waals surface area (Å²) < 4.78 is 0. The third-order valence-electron chi connectivity index (χ3n) is 2.01. The van der Waals surface area contributed by atoms with Crippen molar-refractivity contribution in [3.63, 3.8) is 0 Å². The molecule has 1 saturated heterocycles. The minimum Gasteiger partial charge on any atom is -0.342 e. The highest BCUT2D eigenvalue weighted by Gasteiger charge is 2.26. The summed E-state index contributed by atoms with van der Waals surface area (Å²) in [5.74, 6) is -0.388. The maximum atomic E-state index is 10.6. The SMILES string of the molecule is [CH]C(=O)N1CCC([CH])(N)CC1. The van der Waals surface area contributed by atoms with E-state index in [4.69, 9.17) is 19.6 Å². The van der Waals surface area contributed by atoms with Gasteiger partial charge in [-0.05, 0) is 19.8 Å². The second kappa shape index (κ2) is 2.81. The maximum Gasteiger partial charge on any atom is 0.227 e. The highest BCUT2D eigenvalue weighted by molar-refractivity contribution is 5.80. The van der Waals surface area contributed by atoms with Gasteiger partial charge in [-0.1, -0.05) is 0 Å². The first-order valence-corrected chi connectivity index (χ1v) is 3.63. The lowest BCUT2D eigenvalue weighted by Crippen LogP contribution is -2.49. The Morgan fingerprint density at radius 3 is 2.27 bits per heavy atom. The number of carbonyl (C=O) groups excluding carboxylic acids is 1. The van der Waals surface area contributed by atoms with Crippen LogP contribution in [0.4, 0.5) is 0 Å². The molecule has 0 saturated carbocycles. The summed E-state index contributed by atoms with van der Waals surface area (Å²) in [5, 5.41) is 0. The third kappa shape index (κ3) is 2.19. The van der Waals surface area contributed by atoms with Crippen molar-refractivity contribution in [1.29, 1.82) is 0 Å². The fourth-order valence-corrected chi connectivity index (χ4v) is 1.14. The Morgan fingerprint density at radius 2 is 1.91 bits per heavy atom. The van der Waals surface area contributed by atoms with Crippen LogP contribution in [-0.4, -0.2) is 29.4 Å². The van der Waals surface area contributed by atoms with E-state index in [1.807, 2.05) is 0 Å². The highest BCUT2D eigenvalue weighted by atomic mass is 16.2. The van der Waals surface area contributed by atoms with Crippen LogP contribution in [0, 0.1) is 13.8 Å². The first kappa shape index (κ1) is 8.53. The molecule has 11 heavy (non-hydrogen) atoms. The van der Waals surface area contributed by atoms with E-state index in [1.165, 1.54) is 0 Å². The molecular formula is C8H12N2O. The van der Waals surface area contributed by atoms with Crippen molar-refractivity contribution in [1.82, 2.24) is 4.90 Å². The van der Waals surface area contributed by atoms with Crippen LogP contribution in [0.1, 0.15) is 12.8 Å². The number of amides is 1. The van der Waals surface area contributed by atoms with Crippen molar-refractivity contribution in [2.45, 2.75) is 18.4 Å². The van der Waals surface area contributed by atoms with Crippen LogP contribution in [0.5, 0.6) is 0 Å². The maximum absolute atomic E-state index is 10.6. The molecule has 3 heteroatoms. The summed E-state index contributed by atoms with van der Waals surface area (Å²) in [6.07, 6.45) is 1.24. The largest absolute Gasteiger partial charge is 0.342 e. The van der Waals surface area contributed by atoms with Crippen LogP contribution in [0.25, 0.3) is 0 Å². The van der Waals surface area contributed by atoms with E-state index in [-0.39, 0.29) is 5.91 Å². The minimum absolute atomic E-state index is 0.388. The minimum atomic E-state index is -0.605. The summed E-state index contributed by atoms with van der Waals surface area (Å²) in [7, 11) is 0. The van der Waals surface area contributed by atoms with Gasteiger partial charge in [-0.2, -0.15) is 0 Å². The van der Waals surface area contributed by atoms with Gasteiger partial charge in [-0.15, -0.1) is 0 Å². The van der Waals surface area contributed by atoms with Crippen LogP contribution in [0.15, 0.2) is 0 Å². The predicted molar refractivity (Wildman–Crippen MR) is 41.3 cm³/mol. The van der Waals surface area contributed by atoms with Crippen molar-refractivity contribution >= 4 is 5.91 Å². The van der Waals surface area contributed by atoms with E-state index < -0.39 is 5.54 Å². The fraction of sp³-hybridized carbons (Fsp3) is 0.625. The molecule has 1 aliphatic heterocycles. The molecule has 0 atom stereocenters. The number of carbonyl (C=O) groups is 1. The number of hydrogen-bond acceptors (Lipinski definition) is 2. The van der Waals surface area contributed by atoms with Crippen LogP contribution >= 0.6 is 0 Å². The van der Waals surface area contributed by atoms with Gasteiger partial charge in [0.25, 0.3) is 0 Å². The van der Waals surface area contributed by atoms with Crippen molar-refractivity contribution < 1.29 is 4.79 Å². The monoisotopic (exact) mass is 152 g/mol. The average molecular weight is 152 g/mol. The molecule has 0 aromatic heterocycles. The number of piperidine rings is 1. The molecule has 0 spiro atoms. The number of nitrogens with zero attached hydrogens (tertiary/aromatic N) is 1. The quantitative estimate of drug-likeness (QED) is 0.519. The number of rotatable bonds is 0. The topological polar surface area (TPSA) is 46.3 Å². The number of hydrogen-bond donors (Lipinski definition) is 1. The lowest BCUT2D eigenvalue weighted by atomic mass is 9.91. The molecule has 60 valence electrons. The molecule has 0 unspecified atom stereocenters. The molecule has 0 aromatic rings. The van der Waals surface area contributed by atoms with Crippen molar-refractivity contribution in [3.05, 3.63) is 13.8 Å². The third-order valence-corrected chi connectivity index (χ3v) is 2.01. The normalized spacial score (nSPS) is 23.4. The van der Waals surface area contributed by atoms with E-state index in [0.29, 0.717) is 25.9 Å². The Morgan fingerprint density at radius 1 is 1.45 bits per heavy atom. The van der Waals surface area contributed by atoms with Crippen molar-refractivity contribution in [2.24, 2.45) is 5.73 Å². The molecule has 1 amide bonds. The zero-order valence-electron chi connectivity index (χ0n) is 6.42. The first-order valence-electron chi connectivity index (χ1n) is 3.63. The first-order chi connectivity index (χ1) is 5.01. The molecule has 0 aromatic carbocycles. The van der Waals surface area contributed by atoms with E-state index in [9.17, 15) is 4.79 Å². The number of likely N-dealkylation sites (tertiary alicyclic amines) is 1. The van der Waals surface area contributed by atoms with Gasteiger partial charge in [0.1, 0.15) is 0 Å². The second-order valence-corrected chi connectivity index (χ2v) is 3.06. The fourth-order valence-electron chi connectivity index (χ4n) is 1.14. The molecule has 1 fully saturated rings. The molecule has 4 radical (unpaired) electrons. The van der Waals surface area contributed by atoms with Gasteiger partial charge in [-0.3, -0.25) is 4.79 Å². The van der Waals surface area contributed by atoms with Crippen molar-refractivity contribution in [2.75, 3.05) is 13.1 Å². The molecule has 0 aliphatic carbocycles. The van der Waals surface area contributed by atoms with Gasteiger partial charge in [-0.25, -0.2) is 0 Å². The van der Waals surface area contributed by atoms with E-state index in [2.05, 4.69) is 0 Å². The molecule has 1 aliphatic rings. The van der Waals surface area contributed by atoms with Crippen LogP contribution in [-0.2, 0) is 4.79 Å². The Hall–Kier alpha value is -0.570. The molecule has 1 rings (SSSR count). The molecule has 3 nitrogen and oxygen atoms in total. The summed E-state index contributed by atoms with van der Waals surface area (Å²) in [6, 6.07) is 0. The van der Waals surface area contributed by atoms with Gasteiger partial charge in [0.15, 0.2) is 0 Å². The Bertz CT molecular complexity index is 155. The predicted octanol–water partition coefficient (Wildman–Crippen LogP) is -0.272. The molecule has 1 heterocycles. The zero-order chi connectivity index (χ0) is 8.48. The van der Waals surface area contributed by atoms with E-state index >= 15 is 0 Å².